The summed E-state index contributed by atoms with van der Waals surface area (Å²) in [5.41, 5.74) is 6.36. The number of aromatic nitrogens is 2. The predicted octanol–water partition coefficient (Wildman–Crippen LogP) is 0.641. The van der Waals surface area contributed by atoms with Crippen LogP contribution in [-0.2, 0) is 0 Å². The summed E-state index contributed by atoms with van der Waals surface area (Å²) in [6.45, 7) is 1.99. The summed E-state index contributed by atoms with van der Waals surface area (Å²) in [7, 11) is 0. The molecule has 0 aliphatic rings. The number of H-pyrrole nitrogens is 1. The van der Waals surface area contributed by atoms with Gasteiger partial charge in [-0.05, 0) is 19.1 Å². The average Bonchev–Trinajstić information content (AvgIpc) is 2.45. The van der Waals surface area contributed by atoms with Crippen LogP contribution in [-0.4, -0.2) is 22.4 Å². The van der Waals surface area contributed by atoms with E-state index in [4.69, 9.17) is 5.73 Å². The molecule has 2 aromatic rings. The Bertz CT molecular complexity index is 784. The molecule has 2 rings (SSSR count). The number of pyridine rings is 2. The standard InChI is InChI=1S/C15H14N4O2/c1-10-7-13(20)12(9-18-10)15(21)19-14-8-11(3-2-5-16)4-6-17-14/h4,6-9H,5,16H2,1H3,(H,18,20)(H,17,19,21). The van der Waals surface area contributed by atoms with Crippen LogP contribution in [0.15, 0.2) is 35.4 Å². The van der Waals surface area contributed by atoms with Gasteiger partial charge in [0.05, 0.1) is 6.54 Å². The van der Waals surface area contributed by atoms with Gasteiger partial charge in [-0.1, -0.05) is 11.8 Å². The first-order valence-corrected chi connectivity index (χ1v) is 6.26. The molecule has 2 heterocycles. The van der Waals surface area contributed by atoms with Crippen molar-refractivity contribution in [2.75, 3.05) is 11.9 Å². The minimum atomic E-state index is -0.521. The van der Waals surface area contributed by atoms with Crippen LogP contribution >= 0.6 is 0 Å². The Morgan fingerprint density at radius 3 is 3.00 bits per heavy atom. The Morgan fingerprint density at radius 2 is 2.29 bits per heavy atom. The van der Waals surface area contributed by atoms with Crippen LogP contribution in [0.1, 0.15) is 21.6 Å². The summed E-state index contributed by atoms with van der Waals surface area (Å²) in [4.78, 5) is 30.6. The summed E-state index contributed by atoms with van der Waals surface area (Å²) in [6.07, 6.45) is 2.90. The number of nitrogens with two attached hydrogens (primary N) is 1. The fraction of sp³-hybridized carbons (Fsp3) is 0.133. The zero-order valence-corrected chi connectivity index (χ0v) is 11.4. The molecule has 1 amide bonds. The van der Waals surface area contributed by atoms with Crippen molar-refractivity contribution in [2.45, 2.75) is 6.92 Å². The van der Waals surface area contributed by atoms with Crippen molar-refractivity contribution in [1.82, 2.24) is 9.97 Å². The number of carbonyl (C=O) groups excluding carboxylic acids is 1. The Morgan fingerprint density at radius 1 is 1.48 bits per heavy atom. The van der Waals surface area contributed by atoms with Gasteiger partial charge in [0.25, 0.3) is 5.91 Å². The smallest absolute Gasteiger partial charge is 0.262 e. The SMILES string of the molecule is Cc1cc(=O)c(C(=O)Nc2cc(C#CCN)ccn2)c[nH]1. The van der Waals surface area contributed by atoms with Crippen molar-refractivity contribution in [2.24, 2.45) is 5.73 Å². The summed E-state index contributed by atoms with van der Waals surface area (Å²) < 4.78 is 0. The van der Waals surface area contributed by atoms with E-state index in [1.54, 1.807) is 19.1 Å². The first-order valence-electron chi connectivity index (χ1n) is 6.26. The highest BCUT2D eigenvalue weighted by Crippen LogP contribution is 2.07. The molecule has 0 saturated carbocycles. The second-order valence-corrected chi connectivity index (χ2v) is 4.28. The third kappa shape index (κ3) is 3.78. The van der Waals surface area contributed by atoms with Crippen molar-refractivity contribution in [3.05, 3.63) is 57.6 Å². The van der Waals surface area contributed by atoms with Crippen molar-refractivity contribution in [3.8, 4) is 11.8 Å². The van der Waals surface area contributed by atoms with E-state index in [1.165, 1.54) is 18.5 Å². The van der Waals surface area contributed by atoms with E-state index in [0.717, 1.165) is 0 Å². The topological polar surface area (TPSA) is 101 Å². The van der Waals surface area contributed by atoms with Gasteiger partial charge in [0.2, 0.25) is 0 Å². The van der Waals surface area contributed by atoms with E-state index in [0.29, 0.717) is 17.1 Å². The number of hydrogen-bond donors (Lipinski definition) is 3. The lowest BCUT2D eigenvalue weighted by Crippen LogP contribution is -2.22. The summed E-state index contributed by atoms with van der Waals surface area (Å²) in [6, 6.07) is 4.69. The first kappa shape index (κ1) is 14.5. The van der Waals surface area contributed by atoms with E-state index >= 15 is 0 Å². The number of amides is 1. The normalized spacial score (nSPS) is 9.62. The Balaban J connectivity index is 2.21. The molecule has 0 aromatic carbocycles. The Hall–Kier alpha value is -2.91. The minimum Gasteiger partial charge on any atom is -0.364 e. The molecule has 4 N–H and O–H groups in total. The molecule has 6 nitrogen and oxygen atoms in total. The molecular formula is C15H14N4O2. The Kier molecular flexibility index (Phi) is 4.49. The number of anilines is 1. The van der Waals surface area contributed by atoms with Gasteiger partial charge in [-0.2, -0.15) is 0 Å². The van der Waals surface area contributed by atoms with Gasteiger partial charge >= 0.3 is 0 Å². The minimum absolute atomic E-state index is 0.0286. The molecule has 0 bridgehead atoms. The van der Waals surface area contributed by atoms with E-state index in [-0.39, 0.29) is 17.5 Å². The number of nitrogens with one attached hydrogen (secondary N) is 2. The van der Waals surface area contributed by atoms with Crippen molar-refractivity contribution in [3.63, 3.8) is 0 Å². The largest absolute Gasteiger partial charge is 0.364 e. The van der Waals surface area contributed by atoms with Crippen LogP contribution < -0.4 is 16.5 Å². The number of aryl methyl sites for hydroxylation is 1. The first-order chi connectivity index (χ1) is 10.1. The van der Waals surface area contributed by atoms with E-state index in [9.17, 15) is 9.59 Å². The number of hydrogen-bond acceptors (Lipinski definition) is 4. The molecule has 0 aliphatic carbocycles. The maximum Gasteiger partial charge on any atom is 0.262 e. The molecule has 0 aliphatic heterocycles. The van der Waals surface area contributed by atoms with Crippen LogP contribution in [0, 0.1) is 18.8 Å². The fourth-order valence-corrected chi connectivity index (χ4v) is 1.66. The van der Waals surface area contributed by atoms with Gasteiger partial charge in [0.15, 0.2) is 5.43 Å². The van der Waals surface area contributed by atoms with Crippen LogP contribution in [0.4, 0.5) is 5.82 Å². The van der Waals surface area contributed by atoms with Gasteiger partial charge in [0.1, 0.15) is 11.4 Å². The van der Waals surface area contributed by atoms with Crippen LogP contribution in [0.3, 0.4) is 0 Å². The molecule has 0 saturated heterocycles. The molecule has 2 aromatic heterocycles. The highest BCUT2D eigenvalue weighted by molar-refractivity contribution is 6.03. The van der Waals surface area contributed by atoms with E-state index in [1.807, 2.05) is 0 Å². The van der Waals surface area contributed by atoms with Crippen molar-refractivity contribution >= 4 is 11.7 Å². The fourth-order valence-electron chi connectivity index (χ4n) is 1.66. The summed E-state index contributed by atoms with van der Waals surface area (Å²) >= 11 is 0. The molecule has 0 spiro atoms. The molecule has 6 heteroatoms. The monoisotopic (exact) mass is 282 g/mol. The lowest BCUT2D eigenvalue weighted by molar-refractivity contribution is 0.102. The Labute approximate surface area is 121 Å². The maximum atomic E-state index is 12.0. The number of nitrogens with zero attached hydrogens (tertiary/aromatic N) is 1. The zero-order valence-electron chi connectivity index (χ0n) is 11.4. The van der Waals surface area contributed by atoms with Gasteiger partial charge in [-0.3, -0.25) is 9.59 Å². The third-order valence-corrected chi connectivity index (χ3v) is 2.64. The lowest BCUT2D eigenvalue weighted by atomic mass is 10.2. The third-order valence-electron chi connectivity index (χ3n) is 2.64. The number of carbonyl (C=O) groups is 1. The molecule has 0 radical (unpaired) electrons. The van der Waals surface area contributed by atoms with Gasteiger partial charge < -0.3 is 16.0 Å². The number of aromatic amines is 1. The molecule has 106 valence electrons. The highest BCUT2D eigenvalue weighted by atomic mass is 16.2. The van der Waals surface area contributed by atoms with Crippen LogP contribution in [0.2, 0.25) is 0 Å². The summed E-state index contributed by atoms with van der Waals surface area (Å²) in [5, 5.41) is 2.57. The van der Waals surface area contributed by atoms with Crippen molar-refractivity contribution < 1.29 is 4.79 Å². The lowest BCUT2D eigenvalue weighted by Gasteiger charge is -2.04. The molecule has 0 atom stereocenters. The molecular weight excluding hydrogens is 268 g/mol. The van der Waals surface area contributed by atoms with E-state index < -0.39 is 5.91 Å². The summed E-state index contributed by atoms with van der Waals surface area (Å²) in [5.74, 6) is 5.36. The molecule has 0 fully saturated rings. The van der Waals surface area contributed by atoms with Gasteiger partial charge in [0, 0.05) is 29.7 Å². The number of rotatable bonds is 2. The second kappa shape index (κ2) is 6.50. The van der Waals surface area contributed by atoms with Gasteiger partial charge in [-0.15, -0.1) is 0 Å². The van der Waals surface area contributed by atoms with Crippen LogP contribution in [0.25, 0.3) is 0 Å². The molecule has 21 heavy (non-hydrogen) atoms. The van der Waals surface area contributed by atoms with E-state index in [2.05, 4.69) is 27.1 Å². The highest BCUT2D eigenvalue weighted by Gasteiger charge is 2.11. The van der Waals surface area contributed by atoms with Crippen molar-refractivity contribution in [1.29, 1.82) is 0 Å². The van der Waals surface area contributed by atoms with Gasteiger partial charge in [-0.25, -0.2) is 4.98 Å². The average molecular weight is 282 g/mol. The zero-order chi connectivity index (χ0) is 15.2. The predicted molar refractivity (Wildman–Crippen MR) is 79.9 cm³/mol. The second-order valence-electron chi connectivity index (χ2n) is 4.28. The quantitative estimate of drug-likeness (QED) is 0.704. The molecule has 0 unspecified atom stereocenters. The van der Waals surface area contributed by atoms with Crippen LogP contribution in [0.5, 0.6) is 0 Å². The maximum absolute atomic E-state index is 12.0.